The molecule has 82 valence electrons. The molecule has 0 aromatic heterocycles. The molecular formula is C10H15N3OS. The van der Waals surface area contributed by atoms with Crippen LogP contribution in [0.4, 0.5) is 0 Å². The van der Waals surface area contributed by atoms with E-state index < -0.39 is 6.04 Å². The van der Waals surface area contributed by atoms with Gasteiger partial charge in [-0.3, -0.25) is 4.79 Å². The molecule has 0 radical (unpaired) electrons. The Kier molecular flexibility index (Phi) is 3.17. The van der Waals surface area contributed by atoms with Gasteiger partial charge in [-0.15, -0.1) is 11.8 Å². The summed E-state index contributed by atoms with van der Waals surface area (Å²) in [6.45, 7) is 0. The van der Waals surface area contributed by atoms with E-state index in [1.54, 1.807) is 16.7 Å². The van der Waals surface area contributed by atoms with E-state index in [0.717, 1.165) is 31.4 Å². The lowest BCUT2D eigenvalue weighted by Gasteiger charge is -2.38. The molecule has 2 heterocycles. The Morgan fingerprint density at radius 1 is 1.47 bits per heavy atom. The molecule has 0 spiro atoms. The number of fused-ring (bicyclic) bond motifs is 1. The van der Waals surface area contributed by atoms with Crippen molar-refractivity contribution < 1.29 is 4.79 Å². The predicted octanol–water partition coefficient (Wildman–Crippen LogP) is 0.681. The summed E-state index contributed by atoms with van der Waals surface area (Å²) in [4.78, 5) is 13.7. The second-order valence-corrected chi connectivity index (χ2v) is 5.33. The number of thioether (sulfide) groups is 1. The zero-order chi connectivity index (χ0) is 10.8. The van der Waals surface area contributed by atoms with Crippen molar-refractivity contribution in [3.63, 3.8) is 0 Å². The van der Waals surface area contributed by atoms with E-state index in [9.17, 15) is 4.79 Å². The van der Waals surface area contributed by atoms with Crippen molar-refractivity contribution in [2.75, 3.05) is 5.75 Å². The standard InChI is InChI=1S/C10H15N3OS/c11-6-7-2-1-3-9-13(7)10(14)8(12)4-5-15-9/h7-9H,1-5,12H2. The molecule has 2 aliphatic rings. The van der Waals surface area contributed by atoms with Crippen LogP contribution in [0.5, 0.6) is 0 Å². The zero-order valence-electron chi connectivity index (χ0n) is 8.56. The van der Waals surface area contributed by atoms with Gasteiger partial charge in [0, 0.05) is 0 Å². The maximum Gasteiger partial charge on any atom is 0.241 e. The van der Waals surface area contributed by atoms with Gasteiger partial charge < -0.3 is 10.6 Å². The summed E-state index contributed by atoms with van der Waals surface area (Å²) in [6.07, 6.45) is 3.57. The van der Waals surface area contributed by atoms with Crippen LogP contribution >= 0.6 is 11.8 Å². The summed E-state index contributed by atoms with van der Waals surface area (Å²) in [5, 5.41) is 9.22. The number of carbonyl (C=O) groups excluding carboxylic acids is 1. The smallest absolute Gasteiger partial charge is 0.241 e. The molecule has 2 saturated heterocycles. The topological polar surface area (TPSA) is 70.1 Å². The highest BCUT2D eigenvalue weighted by molar-refractivity contribution is 7.99. The minimum atomic E-state index is -0.406. The molecule has 0 aliphatic carbocycles. The van der Waals surface area contributed by atoms with Crippen LogP contribution in [0, 0.1) is 11.3 Å². The number of carbonyl (C=O) groups is 1. The van der Waals surface area contributed by atoms with Crippen molar-refractivity contribution >= 4 is 17.7 Å². The fourth-order valence-corrected chi connectivity index (χ4v) is 3.60. The van der Waals surface area contributed by atoms with Gasteiger partial charge in [-0.25, -0.2) is 0 Å². The number of hydrogen-bond acceptors (Lipinski definition) is 4. The Morgan fingerprint density at radius 2 is 2.27 bits per heavy atom. The Balaban J connectivity index is 2.23. The predicted molar refractivity (Wildman–Crippen MR) is 58.9 cm³/mol. The van der Waals surface area contributed by atoms with E-state index in [0.29, 0.717) is 0 Å². The molecular weight excluding hydrogens is 210 g/mol. The van der Waals surface area contributed by atoms with Gasteiger partial charge in [-0.2, -0.15) is 5.26 Å². The lowest BCUT2D eigenvalue weighted by molar-refractivity contribution is -0.135. The summed E-state index contributed by atoms with van der Waals surface area (Å²) in [5.41, 5.74) is 5.79. The Hall–Kier alpha value is -0.730. The third kappa shape index (κ3) is 1.97. The van der Waals surface area contributed by atoms with Gasteiger partial charge in [-0.1, -0.05) is 0 Å². The molecule has 0 aromatic carbocycles. The van der Waals surface area contributed by atoms with Gasteiger partial charge in [0.15, 0.2) is 0 Å². The Bertz CT molecular complexity index is 302. The molecule has 3 unspecified atom stereocenters. The van der Waals surface area contributed by atoms with Crippen LogP contribution in [0.1, 0.15) is 25.7 Å². The van der Waals surface area contributed by atoms with Gasteiger partial charge >= 0.3 is 0 Å². The normalized spacial score (nSPS) is 36.7. The zero-order valence-corrected chi connectivity index (χ0v) is 9.37. The van der Waals surface area contributed by atoms with Crippen molar-refractivity contribution in [3.8, 4) is 6.07 Å². The summed E-state index contributed by atoms with van der Waals surface area (Å²) < 4.78 is 0. The fourth-order valence-electron chi connectivity index (χ4n) is 2.20. The number of piperidine rings is 1. The number of nitrogens with zero attached hydrogens (tertiary/aromatic N) is 2. The van der Waals surface area contributed by atoms with Crippen molar-refractivity contribution in [2.24, 2.45) is 5.73 Å². The van der Waals surface area contributed by atoms with Crippen LogP contribution in [0.3, 0.4) is 0 Å². The lowest BCUT2D eigenvalue weighted by atomic mass is 10.0. The molecule has 2 fully saturated rings. The number of nitriles is 1. The van der Waals surface area contributed by atoms with Gasteiger partial charge in [0.25, 0.3) is 0 Å². The molecule has 3 atom stereocenters. The first-order chi connectivity index (χ1) is 7.24. The van der Waals surface area contributed by atoms with E-state index in [4.69, 9.17) is 11.0 Å². The largest absolute Gasteiger partial charge is 0.320 e. The van der Waals surface area contributed by atoms with Crippen molar-refractivity contribution in [1.29, 1.82) is 5.26 Å². The molecule has 2 N–H and O–H groups in total. The molecule has 1 amide bonds. The van der Waals surface area contributed by atoms with Gasteiger partial charge in [-0.05, 0) is 31.4 Å². The van der Waals surface area contributed by atoms with Crippen molar-refractivity contribution in [3.05, 3.63) is 0 Å². The van der Waals surface area contributed by atoms with Crippen LogP contribution in [0.15, 0.2) is 0 Å². The summed E-state index contributed by atoms with van der Waals surface area (Å²) >= 11 is 1.77. The maximum absolute atomic E-state index is 12.0. The van der Waals surface area contributed by atoms with Crippen molar-refractivity contribution in [2.45, 2.75) is 43.1 Å². The number of hydrogen-bond donors (Lipinski definition) is 1. The second-order valence-electron chi connectivity index (χ2n) is 4.04. The third-order valence-corrected chi connectivity index (χ3v) is 4.35. The van der Waals surface area contributed by atoms with Crippen LogP contribution in [-0.2, 0) is 4.79 Å². The molecule has 2 rings (SSSR count). The molecule has 0 aromatic rings. The van der Waals surface area contributed by atoms with Crippen molar-refractivity contribution in [1.82, 2.24) is 4.90 Å². The minimum Gasteiger partial charge on any atom is -0.320 e. The van der Waals surface area contributed by atoms with E-state index in [1.807, 2.05) is 0 Å². The van der Waals surface area contributed by atoms with Crippen LogP contribution < -0.4 is 5.73 Å². The highest BCUT2D eigenvalue weighted by Gasteiger charge is 2.38. The molecule has 15 heavy (non-hydrogen) atoms. The number of nitrogens with two attached hydrogens (primary N) is 1. The monoisotopic (exact) mass is 225 g/mol. The minimum absolute atomic E-state index is 0.0312. The number of rotatable bonds is 0. The highest BCUT2D eigenvalue weighted by Crippen LogP contribution is 2.33. The van der Waals surface area contributed by atoms with E-state index in [-0.39, 0.29) is 17.3 Å². The summed E-state index contributed by atoms with van der Waals surface area (Å²) in [7, 11) is 0. The maximum atomic E-state index is 12.0. The average Bonchev–Trinajstić information content (AvgIpc) is 2.40. The SMILES string of the molecule is N#CC1CCCC2SCCC(N)C(=O)N12. The summed E-state index contributed by atoms with van der Waals surface area (Å²) in [5.74, 6) is 0.892. The molecule has 2 aliphatic heterocycles. The van der Waals surface area contributed by atoms with Gasteiger partial charge in [0.05, 0.1) is 17.5 Å². The average molecular weight is 225 g/mol. The van der Waals surface area contributed by atoms with Crippen LogP contribution in [0.2, 0.25) is 0 Å². The van der Waals surface area contributed by atoms with Crippen LogP contribution in [-0.4, -0.2) is 34.0 Å². The first-order valence-corrected chi connectivity index (χ1v) is 6.38. The molecule has 5 heteroatoms. The highest BCUT2D eigenvalue weighted by atomic mass is 32.2. The van der Waals surface area contributed by atoms with E-state index >= 15 is 0 Å². The third-order valence-electron chi connectivity index (χ3n) is 3.03. The van der Waals surface area contributed by atoms with Gasteiger partial charge in [0.2, 0.25) is 5.91 Å². The molecule has 0 bridgehead atoms. The Morgan fingerprint density at radius 3 is 3.00 bits per heavy atom. The lowest BCUT2D eigenvalue weighted by Crippen LogP contribution is -2.52. The van der Waals surface area contributed by atoms with E-state index in [2.05, 4.69) is 6.07 Å². The molecule has 0 saturated carbocycles. The first-order valence-electron chi connectivity index (χ1n) is 5.33. The number of amides is 1. The molecule has 4 nitrogen and oxygen atoms in total. The summed E-state index contributed by atoms with van der Waals surface area (Å²) in [6, 6.07) is 1.56. The quantitative estimate of drug-likeness (QED) is 0.658. The van der Waals surface area contributed by atoms with Gasteiger partial charge in [0.1, 0.15) is 6.04 Å². The first kappa shape index (κ1) is 10.8. The fraction of sp³-hybridized carbons (Fsp3) is 0.800. The van der Waals surface area contributed by atoms with Crippen LogP contribution in [0.25, 0.3) is 0 Å². The van der Waals surface area contributed by atoms with E-state index in [1.165, 1.54) is 0 Å². The second kappa shape index (κ2) is 4.42. The Labute approximate surface area is 93.8 Å².